The maximum absolute atomic E-state index is 11.8. The molecule has 0 aliphatic rings. The molecule has 0 radical (unpaired) electrons. The van der Waals surface area contributed by atoms with Crippen LogP contribution >= 0.6 is 11.6 Å². The summed E-state index contributed by atoms with van der Waals surface area (Å²) < 4.78 is 4.76. The fourth-order valence-corrected chi connectivity index (χ4v) is 2.30. The van der Waals surface area contributed by atoms with Gasteiger partial charge in [-0.05, 0) is 36.4 Å². The van der Waals surface area contributed by atoms with Crippen LogP contribution in [0.3, 0.4) is 0 Å². The van der Waals surface area contributed by atoms with Gasteiger partial charge in [-0.3, -0.25) is 0 Å². The molecular formula is C17H13ClN2O2. The molecule has 0 aliphatic carbocycles. The minimum Gasteiger partial charge on any atom is -0.464 e. The Hall–Kier alpha value is -2.59. The lowest BCUT2D eigenvalue weighted by Crippen LogP contribution is -2.05. The number of ether oxygens (including phenoxy) is 1. The highest BCUT2D eigenvalue weighted by molar-refractivity contribution is 6.30. The Labute approximate surface area is 132 Å². The highest BCUT2D eigenvalue weighted by atomic mass is 35.5. The summed E-state index contributed by atoms with van der Waals surface area (Å²) in [5.74, 6) is -0.468. The lowest BCUT2D eigenvalue weighted by molar-refractivity contribution is 0.0594. The molecule has 1 N–H and O–H groups in total. The van der Waals surface area contributed by atoms with Gasteiger partial charge in [-0.2, -0.15) is 0 Å². The summed E-state index contributed by atoms with van der Waals surface area (Å²) >= 11 is 5.90. The minimum atomic E-state index is -0.468. The van der Waals surface area contributed by atoms with Crippen molar-refractivity contribution in [2.75, 3.05) is 12.4 Å². The van der Waals surface area contributed by atoms with Gasteiger partial charge in [-0.15, -0.1) is 0 Å². The van der Waals surface area contributed by atoms with Crippen molar-refractivity contribution in [1.29, 1.82) is 0 Å². The van der Waals surface area contributed by atoms with E-state index in [1.54, 1.807) is 18.2 Å². The zero-order valence-electron chi connectivity index (χ0n) is 11.8. The molecular weight excluding hydrogens is 300 g/mol. The molecule has 4 nitrogen and oxygen atoms in total. The van der Waals surface area contributed by atoms with E-state index in [-0.39, 0.29) is 5.69 Å². The third-order valence-electron chi connectivity index (χ3n) is 3.23. The molecule has 0 unspecified atom stereocenters. The van der Waals surface area contributed by atoms with Crippen LogP contribution in [0.1, 0.15) is 10.5 Å². The number of benzene rings is 2. The Bertz CT molecular complexity index is 832. The number of aromatic nitrogens is 1. The van der Waals surface area contributed by atoms with Gasteiger partial charge in [0.25, 0.3) is 0 Å². The van der Waals surface area contributed by atoms with Crippen LogP contribution in [-0.4, -0.2) is 18.1 Å². The van der Waals surface area contributed by atoms with E-state index in [0.29, 0.717) is 5.02 Å². The van der Waals surface area contributed by atoms with E-state index in [2.05, 4.69) is 10.3 Å². The fraction of sp³-hybridized carbons (Fsp3) is 0.0588. The number of anilines is 2. The molecule has 5 heteroatoms. The van der Waals surface area contributed by atoms with Crippen molar-refractivity contribution in [3.63, 3.8) is 0 Å². The van der Waals surface area contributed by atoms with E-state index in [9.17, 15) is 4.79 Å². The van der Waals surface area contributed by atoms with Crippen molar-refractivity contribution < 1.29 is 9.53 Å². The number of carbonyl (C=O) groups excluding carboxylic acids is 1. The smallest absolute Gasteiger partial charge is 0.356 e. The number of hydrogen-bond acceptors (Lipinski definition) is 4. The number of nitrogens with zero attached hydrogens (tertiary/aromatic N) is 1. The molecule has 1 aromatic heterocycles. The van der Waals surface area contributed by atoms with E-state index in [1.165, 1.54) is 7.11 Å². The Morgan fingerprint density at radius 1 is 1.14 bits per heavy atom. The molecule has 22 heavy (non-hydrogen) atoms. The van der Waals surface area contributed by atoms with Crippen molar-refractivity contribution in [3.05, 3.63) is 65.3 Å². The predicted octanol–water partition coefficient (Wildman–Crippen LogP) is 4.42. The van der Waals surface area contributed by atoms with Gasteiger partial charge in [0.15, 0.2) is 5.69 Å². The highest BCUT2D eigenvalue weighted by Gasteiger charge is 2.12. The largest absolute Gasteiger partial charge is 0.464 e. The average molecular weight is 313 g/mol. The van der Waals surface area contributed by atoms with Gasteiger partial charge >= 0.3 is 5.97 Å². The van der Waals surface area contributed by atoms with E-state index < -0.39 is 5.97 Å². The van der Waals surface area contributed by atoms with Gasteiger partial charge in [-0.25, -0.2) is 9.78 Å². The Balaban J connectivity index is 2.09. The number of carbonyl (C=O) groups is 1. The van der Waals surface area contributed by atoms with Gasteiger partial charge in [0.1, 0.15) is 0 Å². The number of nitrogens with one attached hydrogen (secondary N) is 1. The standard InChI is InChI=1S/C17H13ClN2O2/c1-22-17(21)16-10-15(13-4-2-3-5-14(13)20-16)19-12-8-6-11(18)7-9-12/h2-10H,1H3,(H,19,20). The first-order chi connectivity index (χ1) is 10.7. The Morgan fingerprint density at radius 2 is 1.86 bits per heavy atom. The molecule has 1 heterocycles. The Kier molecular flexibility index (Phi) is 3.94. The summed E-state index contributed by atoms with van der Waals surface area (Å²) in [6.07, 6.45) is 0. The first-order valence-corrected chi connectivity index (χ1v) is 7.06. The van der Waals surface area contributed by atoms with Crippen LogP contribution in [0.15, 0.2) is 54.6 Å². The molecule has 0 aliphatic heterocycles. The summed E-state index contributed by atoms with van der Waals surface area (Å²) in [4.78, 5) is 16.1. The van der Waals surface area contributed by atoms with Gasteiger partial charge in [0.05, 0.1) is 18.3 Å². The van der Waals surface area contributed by atoms with Crippen LogP contribution in [0.25, 0.3) is 10.9 Å². The number of halogens is 1. The van der Waals surface area contributed by atoms with Crippen LogP contribution in [0.5, 0.6) is 0 Å². The SMILES string of the molecule is COC(=O)c1cc(Nc2ccc(Cl)cc2)c2ccccc2n1. The molecule has 2 aromatic carbocycles. The van der Waals surface area contributed by atoms with Crippen LogP contribution in [0, 0.1) is 0 Å². The molecule has 3 rings (SSSR count). The summed E-state index contributed by atoms with van der Waals surface area (Å²) in [5.41, 5.74) is 2.64. The molecule has 3 aromatic rings. The van der Waals surface area contributed by atoms with Crippen molar-refractivity contribution >= 4 is 39.8 Å². The normalized spacial score (nSPS) is 10.5. The summed E-state index contributed by atoms with van der Waals surface area (Å²) in [6.45, 7) is 0. The lowest BCUT2D eigenvalue weighted by Gasteiger charge is -2.11. The third-order valence-corrected chi connectivity index (χ3v) is 3.49. The fourth-order valence-electron chi connectivity index (χ4n) is 2.18. The second-order valence-electron chi connectivity index (χ2n) is 4.70. The quantitative estimate of drug-likeness (QED) is 0.727. The van der Waals surface area contributed by atoms with Crippen LogP contribution in [0.4, 0.5) is 11.4 Å². The minimum absolute atomic E-state index is 0.262. The van der Waals surface area contributed by atoms with Crippen molar-refractivity contribution in [3.8, 4) is 0 Å². The average Bonchev–Trinajstić information content (AvgIpc) is 2.56. The maximum Gasteiger partial charge on any atom is 0.356 e. The van der Waals surface area contributed by atoms with Crippen LogP contribution in [-0.2, 0) is 4.74 Å². The summed E-state index contributed by atoms with van der Waals surface area (Å²) in [5, 5.41) is 4.88. The van der Waals surface area contributed by atoms with Crippen LogP contribution in [0.2, 0.25) is 5.02 Å². The first-order valence-electron chi connectivity index (χ1n) is 6.68. The maximum atomic E-state index is 11.8. The topological polar surface area (TPSA) is 51.2 Å². The number of pyridine rings is 1. The number of fused-ring (bicyclic) bond motifs is 1. The number of methoxy groups -OCH3 is 1. The number of rotatable bonds is 3. The van der Waals surface area contributed by atoms with Crippen molar-refractivity contribution in [2.24, 2.45) is 0 Å². The van der Waals surface area contributed by atoms with E-state index in [1.807, 2.05) is 36.4 Å². The van der Waals surface area contributed by atoms with E-state index >= 15 is 0 Å². The Morgan fingerprint density at radius 3 is 2.59 bits per heavy atom. The number of esters is 1. The predicted molar refractivity (Wildman–Crippen MR) is 87.8 cm³/mol. The van der Waals surface area contributed by atoms with Gasteiger partial charge in [0.2, 0.25) is 0 Å². The second kappa shape index (κ2) is 6.03. The van der Waals surface area contributed by atoms with Crippen molar-refractivity contribution in [2.45, 2.75) is 0 Å². The third kappa shape index (κ3) is 2.87. The lowest BCUT2D eigenvalue weighted by atomic mass is 10.1. The highest BCUT2D eigenvalue weighted by Crippen LogP contribution is 2.27. The molecule has 110 valence electrons. The van der Waals surface area contributed by atoms with Crippen LogP contribution < -0.4 is 5.32 Å². The van der Waals surface area contributed by atoms with E-state index in [0.717, 1.165) is 22.3 Å². The van der Waals surface area contributed by atoms with E-state index in [4.69, 9.17) is 16.3 Å². The molecule has 0 bridgehead atoms. The summed E-state index contributed by atoms with van der Waals surface area (Å²) in [7, 11) is 1.34. The summed E-state index contributed by atoms with van der Waals surface area (Å²) in [6, 6.07) is 16.6. The van der Waals surface area contributed by atoms with Gasteiger partial charge in [-0.1, -0.05) is 29.8 Å². The zero-order chi connectivity index (χ0) is 15.5. The van der Waals surface area contributed by atoms with Crippen molar-refractivity contribution in [1.82, 2.24) is 4.98 Å². The zero-order valence-corrected chi connectivity index (χ0v) is 12.6. The molecule has 0 amide bonds. The number of hydrogen-bond donors (Lipinski definition) is 1. The monoisotopic (exact) mass is 312 g/mol. The molecule has 0 fully saturated rings. The molecule has 0 spiro atoms. The number of para-hydroxylation sites is 1. The second-order valence-corrected chi connectivity index (χ2v) is 5.13. The molecule has 0 saturated heterocycles. The van der Waals surface area contributed by atoms with Gasteiger partial charge in [0, 0.05) is 16.1 Å². The molecule has 0 saturated carbocycles. The first kappa shape index (κ1) is 14.4. The van der Waals surface area contributed by atoms with Gasteiger partial charge < -0.3 is 10.1 Å². The molecule has 0 atom stereocenters.